The number of para-hydroxylation sites is 1. The number of methoxy groups -OCH3 is 1. The van der Waals surface area contributed by atoms with Crippen molar-refractivity contribution in [3.63, 3.8) is 0 Å². The van der Waals surface area contributed by atoms with Crippen molar-refractivity contribution < 1.29 is 14.3 Å². The van der Waals surface area contributed by atoms with Gasteiger partial charge in [-0.25, -0.2) is 4.98 Å². The first-order chi connectivity index (χ1) is 21.4. The van der Waals surface area contributed by atoms with E-state index in [4.69, 9.17) is 37.7 Å². The number of piperazine rings is 1. The van der Waals surface area contributed by atoms with E-state index >= 15 is 0 Å². The highest BCUT2D eigenvalue weighted by atomic mass is 35.5. The molecule has 1 saturated carbocycles. The second-order valence-corrected chi connectivity index (χ2v) is 13.9. The molecule has 44 heavy (non-hydrogen) atoms. The molecule has 4 aliphatic rings. The Labute approximate surface area is 272 Å². The Morgan fingerprint density at radius 2 is 1.93 bits per heavy atom. The van der Waals surface area contributed by atoms with E-state index < -0.39 is 0 Å². The molecule has 11 heteroatoms. The summed E-state index contributed by atoms with van der Waals surface area (Å²) in [6, 6.07) is 12.0. The van der Waals surface area contributed by atoms with Crippen LogP contribution in [0.3, 0.4) is 0 Å². The number of thiazole rings is 1. The number of hydrogen-bond acceptors (Lipinski definition) is 8. The zero-order chi connectivity index (χ0) is 30.4. The van der Waals surface area contributed by atoms with Gasteiger partial charge in [0.05, 0.1) is 34.6 Å². The monoisotopic (exact) mass is 653 g/mol. The third-order valence-electron chi connectivity index (χ3n) is 9.15. The lowest BCUT2D eigenvalue weighted by molar-refractivity contribution is -0.128. The van der Waals surface area contributed by atoms with Crippen LogP contribution in [-0.2, 0) is 11.3 Å². The van der Waals surface area contributed by atoms with Crippen LogP contribution >= 0.6 is 34.5 Å². The second kappa shape index (κ2) is 12.5. The second-order valence-electron chi connectivity index (χ2n) is 12.1. The molecule has 0 radical (unpaired) electrons. The molecule has 7 rings (SSSR count). The number of aromatic nitrogens is 1. The number of fused-ring (bicyclic) bond motifs is 2. The molecule has 0 unspecified atom stereocenters. The van der Waals surface area contributed by atoms with E-state index in [0.29, 0.717) is 28.9 Å². The molecule has 1 aliphatic carbocycles. The predicted octanol–water partition coefficient (Wildman–Crippen LogP) is 5.70. The fraction of sp³-hybridized carbons (Fsp3) is 0.455. The zero-order valence-corrected chi connectivity index (χ0v) is 27.3. The summed E-state index contributed by atoms with van der Waals surface area (Å²) in [7, 11) is 1.69. The van der Waals surface area contributed by atoms with Gasteiger partial charge >= 0.3 is 0 Å². The summed E-state index contributed by atoms with van der Waals surface area (Å²) in [5.41, 5.74) is 4.23. The van der Waals surface area contributed by atoms with Gasteiger partial charge < -0.3 is 29.9 Å². The number of anilines is 1. The number of benzene rings is 2. The average Bonchev–Trinajstić information content (AvgIpc) is 3.54. The van der Waals surface area contributed by atoms with Gasteiger partial charge in [-0.3, -0.25) is 4.79 Å². The number of nitrogens with zero attached hydrogens (tertiary/aromatic N) is 3. The van der Waals surface area contributed by atoms with E-state index in [1.165, 1.54) is 0 Å². The summed E-state index contributed by atoms with van der Waals surface area (Å²) in [5.74, 6) is 1.52. The molecule has 2 bridgehead atoms. The van der Waals surface area contributed by atoms with Crippen LogP contribution in [0.25, 0.3) is 5.57 Å². The smallest absolute Gasteiger partial charge is 0.252 e. The van der Waals surface area contributed by atoms with Gasteiger partial charge in [-0.2, -0.15) is 0 Å². The van der Waals surface area contributed by atoms with Crippen molar-refractivity contribution in [1.82, 2.24) is 20.5 Å². The standard InChI is InChI=1S/C33H37Cl2N5O3S/c1-19-20(5-3-8-28(19)42-2)17-40(22-9-10-22)32(41)30-24(13-21-14-36-15-27(30)38-21)29-16-37-33(44-29)39-12-11-23(18-39)43-31-25(34)6-4-7-26(31)35/h3-8,16,21-23,27,36,38H,9-15,17-18H2,1-2H3/t21-,23+,27-/m0/s1. The number of amides is 1. The van der Waals surface area contributed by atoms with Gasteiger partial charge in [0.1, 0.15) is 11.9 Å². The van der Waals surface area contributed by atoms with Crippen LogP contribution in [0.15, 0.2) is 48.2 Å². The highest BCUT2D eigenvalue weighted by Crippen LogP contribution is 2.41. The summed E-state index contributed by atoms with van der Waals surface area (Å²) in [6.07, 6.45) is 5.65. The van der Waals surface area contributed by atoms with Crippen molar-refractivity contribution in [3.05, 3.63) is 74.2 Å². The van der Waals surface area contributed by atoms with Gasteiger partial charge in [-0.15, -0.1) is 0 Å². The van der Waals surface area contributed by atoms with E-state index in [0.717, 1.165) is 83.3 Å². The SMILES string of the molecule is COc1cccc(CN(C(=O)C2=C(c3cnc(N4CC[C@@H](Oc5c(Cl)cccc5Cl)C4)s3)C[C@H]3CNC[C@@H]2N3)C2CC2)c1C. The maximum absolute atomic E-state index is 14.6. The topological polar surface area (TPSA) is 79.0 Å². The molecular weight excluding hydrogens is 617 g/mol. The average molecular weight is 655 g/mol. The van der Waals surface area contributed by atoms with Crippen LogP contribution in [0.1, 0.15) is 41.7 Å². The molecule has 3 aromatic rings. The third kappa shape index (κ3) is 5.93. The minimum atomic E-state index is -0.0346. The summed E-state index contributed by atoms with van der Waals surface area (Å²) in [6.45, 7) is 5.80. The maximum Gasteiger partial charge on any atom is 0.252 e. The van der Waals surface area contributed by atoms with Crippen molar-refractivity contribution >= 4 is 51.2 Å². The third-order valence-corrected chi connectivity index (χ3v) is 10.9. The Morgan fingerprint density at radius 3 is 2.70 bits per heavy atom. The molecule has 1 aromatic heterocycles. The van der Waals surface area contributed by atoms with Gasteiger partial charge in [-0.1, -0.05) is 52.7 Å². The van der Waals surface area contributed by atoms with Crippen LogP contribution in [0, 0.1) is 6.92 Å². The molecule has 8 nitrogen and oxygen atoms in total. The first kappa shape index (κ1) is 29.9. The summed E-state index contributed by atoms with van der Waals surface area (Å²) >= 11 is 14.4. The number of carbonyl (C=O) groups is 1. The van der Waals surface area contributed by atoms with Crippen LogP contribution < -0.4 is 25.0 Å². The lowest BCUT2D eigenvalue weighted by atomic mass is 9.86. The molecule has 232 valence electrons. The number of hydrogen-bond donors (Lipinski definition) is 2. The van der Waals surface area contributed by atoms with E-state index in [1.54, 1.807) is 30.6 Å². The van der Waals surface area contributed by atoms with Crippen LogP contribution in [-0.4, -0.2) is 73.3 Å². The molecule has 4 heterocycles. The van der Waals surface area contributed by atoms with Crippen molar-refractivity contribution in [2.24, 2.45) is 0 Å². The van der Waals surface area contributed by atoms with Crippen molar-refractivity contribution in [2.45, 2.75) is 63.4 Å². The van der Waals surface area contributed by atoms with Gasteiger partial charge in [-0.05, 0) is 61.1 Å². The minimum absolute atomic E-state index is 0.0341. The molecular formula is C33H37Cl2N5O3S. The molecule has 0 spiro atoms. The van der Waals surface area contributed by atoms with Crippen LogP contribution in [0.2, 0.25) is 10.0 Å². The normalized spacial score (nSPS) is 23.2. The lowest BCUT2D eigenvalue weighted by Gasteiger charge is -2.40. The molecule has 2 saturated heterocycles. The fourth-order valence-electron chi connectivity index (χ4n) is 6.65. The van der Waals surface area contributed by atoms with E-state index in [2.05, 4.69) is 33.4 Å². The summed E-state index contributed by atoms with van der Waals surface area (Å²) in [4.78, 5) is 24.9. The highest BCUT2D eigenvalue weighted by molar-refractivity contribution is 7.16. The first-order valence-electron chi connectivity index (χ1n) is 15.3. The Morgan fingerprint density at radius 1 is 1.14 bits per heavy atom. The Balaban J connectivity index is 1.15. The largest absolute Gasteiger partial charge is 0.496 e. The van der Waals surface area contributed by atoms with Crippen LogP contribution in [0.4, 0.5) is 5.13 Å². The maximum atomic E-state index is 14.6. The van der Waals surface area contributed by atoms with Crippen LogP contribution in [0.5, 0.6) is 11.5 Å². The van der Waals surface area contributed by atoms with Gasteiger partial charge in [0.15, 0.2) is 10.9 Å². The number of carbonyl (C=O) groups excluding carboxylic acids is 1. The van der Waals surface area contributed by atoms with Crippen molar-refractivity contribution in [2.75, 3.05) is 38.2 Å². The van der Waals surface area contributed by atoms with Crippen molar-refractivity contribution in [3.8, 4) is 11.5 Å². The van der Waals surface area contributed by atoms with Gasteiger partial charge in [0, 0.05) is 56.5 Å². The van der Waals surface area contributed by atoms with E-state index in [1.807, 2.05) is 24.4 Å². The van der Waals surface area contributed by atoms with E-state index in [9.17, 15) is 4.79 Å². The first-order valence-corrected chi connectivity index (χ1v) is 16.9. The van der Waals surface area contributed by atoms with Gasteiger partial charge in [0.2, 0.25) is 0 Å². The molecule has 1 amide bonds. The molecule has 3 atom stereocenters. The predicted molar refractivity (Wildman–Crippen MR) is 176 cm³/mol. The quantitative estimate of drug-likeness (QED) is 0.307. The summed E-state index contributed by atoms with van der Waals surface area (Å²) in [5, 5.41) is 9.27. The lowest BCUT2D eigenvalue weighted by Crippen LogP contribution is -2.59. The zero-order valence-electron chi connectivity index (χ0n) is 24.9. The summed E-state index contributed by atoms with van der Waals surface area (Å²) < 4.78 is 11.8. The minimum Gasteiger partial charge on any atom is -0.496 e. The Kier molecular flexibility index (Phi) is 8.50. The number of halogens is 2. The van der Waals surface area contributed by atoms with Crippen molar-refractivity contribution in [1.29, 1.82) is 0 Å². The molecule has 3 aliphatic heterocycles. The highest BCUT2D eigenvalue weighted by Gasteiger charge is 2.41. The Hall–Kier alpha value is -2.82. The number of nitrogens with one attached hydrogen (secondary N) is 2. The number of rotatable bonds is 9. The van der Waals surface area contributed by atoms with E-state index in [-0.39, 0.29) is 30.1 Å². The molecule has 3 fully saturated rings. The Bertz CT molecular complexity index is 1570. The fourth-order valence-corrected chi connectivity index (χ4v) is 8.16. The molecule has 2 N–H and O–H groups in total. The molecule has 2 aromatic carbocycles. The number of ether oxygens (including phenoxy) is 2. The van der Waals surface area contributed by atoms with Gasteiger partial charge in [0.25, 0.3) is 5.91 Å².